The van der Waals surface area contributed by atoms with Crippen LogP contribution < -0.4 is 0 Å². The second-order valence-electron chi connectivity index (χ2n) is 1.21. The van der Waals surface area contributed by atoms with Gasteiger partial charge in [0.15, 0.2) is 0 Å². The van der Waals surface area contributed by atoms with E-state index < -0.39 is 18.2 Å². The summed E-state index contributed by atoms with van der Waals surface area (Å²) in [6, 6.07) is 0. The maximum absolute atomic E-state index is 10.2. The van der Waals surface area contributed by atoms with E-state index in [-0.39, 0.29) is 0 Å². The third-order valence-electron chi connectivity index (χ3n) is 0.340. The zero-order valence-corrected chi connectivity index (χ0v) is 6.91. The first-order chi connectivity index (χ1) is 4.77. The molecule has 0 bridgehead atoms. The van der Waals surface area contributed by atoms with Gasteiger partial charge in [-0.2, -0.15) is 8.42 Å². The molecular formula is CH5O8PS. The highest BCUT2D eigenvalue weighted by Crippen LogP contribution is 2.38. The first kappa shape index (κ1) is 11.0. The van der Waals surface area contributed by atoms with Gasteiger partial charge in [0.25, 0.3) is 0 Å². The van der Waals surface area contributed by atoms with E-state index >= 15 is 0 Å². The molecule has 0 atom stereocenters. The Labute approximate surface area is 62.2 Å². The van der Waals surface area contributed by atoms with Crippen molar-refractivity contribution in [2.75, 3.05) is 7.11 Å². The molecule has 11 heavy (non-hydrogen) atoms. The van der Waals surface area contributed by atoms with Crippen molar-refractivity contribution in [1.82, 2.24) is 0 Å². The topological polar surface area (TPSA) is 119 Å². The van der Waals surface area contributed by atoms with Crippen LogP contribution in [0.3, 0.4) is 0 Å². The summed E-state index contributed by atoms with van der Waals surface area (Å²) in [5, 5.41) is 0. The molecule has 0 saturated heterocycles. The third-order valence-corrected chi connectivity index (χ3v) is 2.15. The summed E-state index contributed by atoms with van der Waals surface area (Å²) in [6.45, 7) is 0. The van der Waals surface area contributed by atoms with Gasteiger partial charge in [0, 0.05) is 0 Å². The fourth-order valence-electron chi connectivity index (χ4n) is 0.215. The lowest BCUT2D eigenvalue weighted by Gasteiger charge is -2.02. The summed E-state index contributed by atoms with van der Waals surface area (Å²) in [5.74, 6) is 0. The van der Waals surface area contributed by atoms with Crippen molar-refractivity contribution in [2.45, 2.75) is 0 Å². The van der Waals surface area contributed by atoms with Crippen molar-refractivity contribution in [3.8, 4) is 0 Å². The normalized spacial score (nSPS) is 13.4. The Bertz CT molecular complexity index is 245. The first-order valence-corrected chi connectivity index (χ1v) is 4.87. The van der Waals surface area contributed by atoms with Gasteiger partial charge in [-0.3, -0.25) is 0 Å². The lowest BCUT2D eigenvalue weighted by Crippen LogP contribution is -2.07. The van der Waals surface area contributed by atoms with E-state index in [1.807, 2.05) is 0 Å². The maximum atomic E-state index is 10.2. The van der Waals surface area contributed by atoms with Crippen LogP contribution in [0.25, 0.3) is 0 Å². The lowest BCUT2D eigenvalue weighted by molar-refractivity contribution is -0.178. The smallest absolute Gasteiger partial charge is 0.302 e. The van der Waals surface area contributed by atoms with Gasteiger partial charge in [-0.15, -0.1) is 3.97 Å². The zero-order valence-electron chi connectivity index (χ0n) is 5.20. The molecule has 0 heterocycles. The summed E-state index contributed by atoms with van der Waals surface area (Å²) in [5.41, 5.74) is 0. The first-order valence-electron chi connectivity index (χ1n) is 2.01. The Kier molecular flexibility index (Phi) is 3.58. The molecule has 0 saturated carbocycles. The minimum absolute atomic E-state index is 0.834. The fourth-order valence-corrected chi connectivity index (χ4v) is 1.43. The Morgan fingerprint density at radius 3 is 2.09 bits per heavy atom. The summed E-state index contributed by atoms with van der Waals surface area (Å²) in [4.78, 5) is 19.5. The molecule has 68 valence electrons. The minimum Gasteiger partial charge on any atom is -0.302 e. The van der Waals surface area contributed by atoms with Crippen LogP contribution >= 0.6 is 7.82 Å². The number of rotatable bonds is 4. The van der Waals surface area contributed by atoms with E-state index in [9.17, 15) is 13.0 Å². The van der Waals surface area contributed by atoms with Gasteiger partial charge in [0.1, 0.15) is 0 Å². The van der Waals surface area contributed by atoms with Crippen LogP contribution in [-0.2, 0) is 28.2 Å². The second kappa shape index (κ2) is 3.59. The van der Waals surface area contributed by atoms with E-state index in [4.69, 9.17) is 9.79 Å². The van der Waals surface area contributed by atoms with Crippen LogP contribution in [0.4, 0.5) is 0 Å². The molecule has 0 aliphatic rings. The summed E-state index contributed by atoms with van der Waals surface area (Å²) in [6.07, 6.45) is 0. The highest BCUT2D eigenvalue weighted by atomic mass is 32.3. The molecule has 0 radical (unpaired) electrons. The quantitative estimate of drug-likeness (QED) is 0.340. The van der Waals surface area contributed by atoms with Crippen LogP contribution in [0, 0.1) is 0 Å². The molecule has 0 aromatic rings. The molecule has 10 heteroatoms. The zero-order chi connectivity index (χ0) is 9.12. The molecule has 0 spiro atoms. The largest absolute Gasteiger partial charge is 0.486 e. The van der Waals surface area contributed by atoms with E-state index in [1.54, 1.807) is 0 Å². The summed E-state index contributed by atoms with van der Waals surface area (Å²) >= 11 is 0. The molecule has 0 aromatic heterocycles. The second-order valence-corrected chi connectivity index (χ2v) is 3.74. The van der Waals surface area contributed by atoms with Gasteiger partial charge in [-0.1, -0.05) is 4.33 Å². The predicted octanol–water partition coefficient (Wildman–Crippen LogP) is -1.08. The van der Waals surface area contributed by atoms with Gasteiger partial charge >= 0.3 is 18.2 Å². The molecule has 8 nitrogen and oxygen atoms in total. The third kappa shape index (κ3) is 6.38. The molecule has 0 aromatic carbocycles. The van der Waals surface area contributed by atoms with E-state index in [0.29, 0.717) is 0 Å². The summed E-state index contributed by atoms with van der Waals surface area (Å²) < 4.78 is 36.8. The standard InChI is InChI=1S/CH5O8PS/c1-7-8-11(5,6)9-10(2,3)4/h1H3,(H2,2,3,4). The van der Waals surface area contributed by atoms with Crippen molar-refractivity contribution in [3.63, 3.8) is 0 Å². The minimum atomic E-state index is -5.11. The average molecular weight is 208 g/mol. The van der Waals surface area contributed by atoms with Gasteiger partial charge in [0.2, 0.25) is 0 Å². The predicted molar refractivity (Wildman–Crippen MR) is 30.1 cm³/mol. The highest BCUT2D eigenvalue weighted by molar-refractivity contribution is 7.86. The molecule has 0 amide bonds. The Morgan fingerprint density at radius 1 is 1.36 bits per heavy atom. The molecule has 0 fully saturated rings. The van der Waals surface area contributed by atoms with Crippen molar-refractivity contribution < 1.29 is 36.0 Å². The Morgan fingerprint density at radius 2 is 1.82 bits per heavy atom. The Hall–Kier alpha value is -0.0200. The van der Waals surface area contributed by atoms with E-state index in [0.717, 1.165) is 7.11 Å². The van der Waals surface area contributed by atoms with Crippen molar-refractivity contribution in [2.24, 2.45) is 0 Å². The van der Waals surface area contributed by atoms with Crippen LogP contribution in [-0.4, -0.2) is 25.3 Å². The SMILES string of the molecule is COOS(=O)(=O)OP(=O)(O)O. The van der Waals surface area contributed by atoms with Crippen molar-refractivity contribution >= 4 is 18.2 Å². The van der Waals surface area contributed by atoms with Crippen LogP contribution in [0.2, 0.25) is 0 Å². The fraction of sp³-hybridized carbons (Fsp3) is 1.00. The van der Waals surface area contributed by atoms with Crippen molar-refractivity contribution in [3.05, 3.63) is 0 Å². The van der Waals surface area contributed by atoms with E-state index in [2.05, 4.69) is 13.2 Å². The summed E-state index contributed by atoms with van der Waals surface area (Å²) in [7, 11) is -9.05. The average Bonchev–Trinajstić information content (AvgIpc) is 1.55. The highest BCUT2D eigenvalue weighted by Gasteiger charge is 2.27. The molecule has 0 aliphatic heterocycles. The van der Waals surface area contributed by atoms with Crippen LogP contribution in [0.5, 0.6) is 0 Å². The maximum Gasteiger partial charge on any atom is 0.486 e. The molecule has 0 aliphatic carbocycles. The molecule has 0 unspecified atom stereocenters. The van der Waals surface area contributed by atoms with Gasteiger partial charge < -0.3 is 9.79 Å². The molecule has 2 N–H and O–H groups in total. The number of hydrogen-bond donors (Lipinski definition) is 2. The number of hydrogen-bond acceptors (Lipinski definition) is 6. The Balaban J connectivity index is 4.27. The lowest BCUT2D eigenvalue weighted by atomic mass is 11.8. The number of phosphoric acid groups is 1. The van der Waals surface area contributed by atoms with Gasteiger partial charge in [-0.05, 0) is 0 Å². The van der Waals surface area contributed by atoms with Crippen LogP contribution in [0.1, 0.15) is 0 Å². The van der Waals surface area contributed by atoms with Crippen LogP contribution in [0.15, 0.2) is 0 Å². The molecular weight excluding hydrogens is 203 g/mol. The monoisotopic (exact) mass is 208 g/mol. The van der Waals surface area contributed by atoms with Crippen molar-refractivity contribution in [1.29, 1.82) is 0 Å². The van der Waals surface area contributed by atoms with Gasteiger partial charge in [-0.25, -0.2) is 9.45 Å². The van der Waals surface area contributed by atoms with Gasteiger partial charge in [0.05, 0.1) is 7.11 Å². The van der Waals surface area contributed by atoms with E-state index in [1.165, 1.54) is 0 Å². The molecule has 0 rings (SSSR count).